The molecule has 0 unspecified atom stereocenters. The summed E-state index contributed by atoms with van der Waals surface area (Å²) in [6.45, 7) is 1.77. The number of benzene rings is 2. The smallest absolute Gasteiger partial charge is 0.339 e. The predicted octanol–water partition coefficient (Wildman–Crippen LogP) is 2.78. The van der Waals surface area contributed by atoms with Crippen LogP contribution in [0.3, 0.4) is 0 Å². The number of ether oxygens (including phenoxy) is 2. The van der Waals surface area contributed by atoms with Crippen LogP contribution in [-0.4, -0.2) is 22.6 Å². The maximum Gasteiger partial charge on any atom is 0.339 e. The van der Waals surface area contributed by atoms with E-state index in [1.807, 2.05) is 0 Å². The van der Waals surface area contributed by atoms with Crippen molar-refractivity contribution in [2.24, 2.45) is 0 Å². The van der Waals surface area contributed by atoms with Crippen LogP contribution in [-0.2, 0) is 10.1 Å². The minimum atomic E-state index is -3.88. The zero-order chi connectivity index (χ0) is 15.5. The lowest BCUT2D eigenvalue weighted by molar-refractivity contribution is 0.411. The average molecular weight is 308 g/mol. The van der Waals surface area contributed by atoms with Crippen LogP contribution in [0.15, 0.2) is 47.4 Å². The van der Waals surface area contributed by atoms with Crippen LogP contribution in [0.4, 0.5) is 0 Å². The highest BCUT2D eigenvalue weighted by Gasteiger charge is 2.18. The molecule has 0 heterocycles. The van der Waals surface area contributed by atoms with Gasteiger partial charge in [-0.1, -0.05) is 0 Å². The fourth-order valence-corrected chi connectivity index (χ4v) is 2.83. The Kier molecular flexibility index (Phi) is 4.37. The molecule has 0 aliphatic carbocycles. The van der Waals surface area contributed by atoms with E-state index in [-0.39, 0.29) is 10.6 Å². The highest BCUT2D eigenvalue weighted by Crippen LogP contribution is 2.25. The minimum absolute atomic E-state index is 0.0802. The van der Waals surface area contributed by atoms with Gasteiger partial charge in [-0.05, 0) is 55.0 Å². The van der Waals surface area contributed by atoms with Gasteiger partial charge in [-0.2, -0.15) is 8.42 Å². The molecule has 0 aliphatic rings. The van der Waals surface area contributed by atoms with E-state index in [9.17, 15) is 8.42 Å². The fourth-order valence-electron chi connectivity index (χ4n) is 1.81. The molecule has 0 atom stereocenters. The molecule has 21 heavy (non-hydrogen) atoms. The summed E-state index contributed by atoms with van der Waals surface area (Å²) >= 11 is 0. The van der Waals surface area contributed by atoms with Gasteiger partial charge in [0.1, 0.15) is 22.1 Å². The molecule has 0 amide bonds. The molecule has 112 valence electrons. The summed E-state index contributed by atoms with van der Waals surface area (Å²) in [4.78, 5) is 0.0802. The van der Waals surface area contributed by atoms with E-state index in [0.29, 0.717) is 11.5 Å². The number of hydrogen-bond acceptors (Lipinski definition) is 5. The Morgan fingerprint density at radius 2 is 1.48 bits per heavy atom. The van der Waals surface area contributed by atoms with E-state index in [4.69, 9.17) is 13.7 Å². The van der Waals surface area contributed by atoms with Gasteiger partial charge >= 0.3 is 10.1 Å². The number of aryl methyl sites for hydroxylation is 1. The number of hydrogen-bond donors (Lipinski definition) is 0. The molecule has 5 nitrogen and oxygen atoms in total. The third-order valence-electron chi connectivity index (χ3n) is 2.92. The molecular formula is C15H16O5S. The first-order valence-corrected chi connectivity index (χ1v) is 7.60. The van der Waals surface area contributed by atoms with Crippen molar-refractivity contribution in [2.75, 3.05) is 14.2 Å². The summed E-state index contributed by atoms with van der Waals surface area (Å²) in [5.74, 6) is 1.47. The summed E-state index contributed by atoms with van der Waals surface area (Å²) in [5, 5.41) is 0. The van der Waals surface area contributed by atoms with Crippen molar-refractivity contribution in [2.45, 2.75) is 11.8 Å². The molecule has 0 aliphatic heterocycles. The molecule has 2 aromatic rings. The molecule has 0 fully saturated rings. The summed E-state index contributed by atoms with van der Waals surface area (Å²) in [6.07, 6.45) is 0. The summed E-state index contributed by atoms with van der Waals surface area (Å²) in [6, 6.07) is 10.9. The van der Waals surface area contributed by atoms with Crippen molar-refractivity contribution in [3.8, 4) is 17.2 Å². The van der Waals surface area contributed by atoms with Crippen LogP contribution >= 0.6 is 0 Å². The van der Waals surface area contributed by atoms with Crippen LogP contribution in [0.2, 0.25) is 0 Å². The lowest BCUT2D eigenvalue weighted by atomic mass is 10.2. The molecule has 0 radical (unpaired) electrons. The molecule has 2 rings (SSSR count). The van der Waals surface area contributed by atoms with Crippen molar-refractivity contribution >= 4 is 10.1 Å². The van der Waals surface area contributed by atoms with E-state index in [1.54, 1.807) is 25.1 Å². The molecule has 0 aromatic heterocycles. The van der Waals surface area contributed by atoms with Gasteiger partial charge in [-0.25, -0.2) is 0 Å². The summed E-state index contributed by atoms with van der Waals surface area (Å²) in [7, 11) is -0.810. The Labute approximate surface area is 124 Å². The van der Waals surface area contributed by atoms with E-state index in [1.165, 1.54) is 38.5 Å². The summed E-state index contributed by atoms with van der Waals surface area (Å²) in [5.41, 5.74) is 0.719. The van der Waals surface area contributed by atoms with Crippen molar-refractivity contribution in [1.29, 1.82) is 0 Å². The normalized spacial score (nSPS) is 11.0. The topological polar surface area (TPSA) is 61.8 Å². The predicted molar refractivity (Wildman–Crippen MR) is 78.5 cm³/mol. The van der Waals surface area contributed by atoms with Crippen molar-refractivity contribution < 1.29 is 22.1 Å². The SMILES string of the molecule is COc1ccc(OS(=O)(=O)c2ccc(OC)c(C)c2)cc1. The maximum atomic E-state index is 12.2. The first-order chi connectivity index (χ1) is 9.96. The molecule has 2 aromatic carbocycles. The van der Waals surface area contributed by atoms with Crippen LogP contribution in [0.5, 0.6) is 17.2 Å². The second-order valence-electron chi connectivity index (χ2n) is 4.34. The second-order valence-corrected chi connectivity index (χ2v) is 5.89. The van der Waals surface area contributed by atoms with Gasteiger partial charge in [0.2, 0.25) is 0 Å². The quantitative estimate of drug-likeness (QED) is 0.795. The Morgan fingerprint density at radius 1 is 0.857 bits per heavy atom. The highest BCUT2D eigenvalue weighted by atomic mass is 32.2. The lowest BCUT2D eigenvalue weighted by Crippen LogP contribution is -2.10. The Hall–Kier alpha value is -2.21. The highest BCUT2D eigenvalue weighted by molar-refractivity contribution is 7.87. The monoisotopic (exact) mass is 308 g/mol. The molecule has 0 saturated heterocycles. The Balaban J connectivity index is 2.26. The number of methoxy groups -OCH3 is 2. The van der Waals surface area contributed by atoms with E-state index >= 15 is 0 Å². The largest absolute Gasteiger partial charge is 0.497 e. The van der Waals surface area contributed by atoms with E-state index < -0.39 is 10.1 Å². The van der Waals surface area contributed by atoms with Crippen molar-refractivity contribution in [3.05, 3.63) is 48.0 Å². The lowest BCUT2D eigenvalue weighted by Gasteiger charge is -2.10. The van der Waals surface area contributed by atoms with Crippen LogP contribution in [0.1, 0.15) is 5.56 Å². The summed E-state index contributed by atoms with van der Waals surface area (Å²) < 4.78 is 39.6. The third-order valence-corrected chi connectivity index (χ3v) is 4.16. The average Bonchev–Trinajstić information content (AvgIpc) is 2.47. The third kappa shape index (κ3) is 3.46. The van der Waals surface area contributed by atoms with Gasteiger partial charge in [0, 0.05) is 0 Å². The van der Waals surface area contributed by atoms with Gasteiger partial charge in [0.15, 0.2) is 0 Å². The number of rotatable bonds is 5. The van der Waals surface area contributed by atoms with E-state index in [0.717, 1.165) is 5.56 Å². The van der Waals surface area contributed by atoms with Gasteiger partial charge in [0.05, 0.1) is 14.2 Å². The first kappa shape index (κ1) is 15.2. The Bertz CT molecular complexity index is 720. The van der Waals surface area contributed by atoms with Crippen LogP contribution < -0.4 is 13.7 Å². The van der Waals surface area contributed by atoms with E-state index in [2.05, 4.69) is 0 Å². The molecule has 0 saturated carbocycles. The van der Waals surface area contributed by atoms with Crippen LogP contribution in [0.25, 0.3) is 0 Å². The van der Waals surface area contributed by atoms with Crippen molar-refractivity contribution in [1.82, 2.24) is 0 Å². The molecule has 0 spiro atoms. The zero-order valence-electron chi connectivity index (χ0n) is 12.0. The molecular weight excluding hydrogens is 292 g/mol. The van der Waals surface area contributed by atoms with Crippen LogP contribution in [0, 0.1) is 6.92 Å². The van der Waals surface area contributed by atoms with Gasteiger partial charge in [-0.15, -0.1) is 0 Å². The molecule has 6 heteroatoms. The maximum absolute atomic E-state index is 12.2. The second kappa shape index (κ2) is 6.05. The van der Waals surface area contributed by atoms with Gasteiger partial charge in [0.25, 0.3) is 0 Å². The Morgan fingerprint density at radius 3 is 2.00 bits per heavy atom. The zero-order valence-corrected chi connectivity index (χ0v) is 12.8. The first-order valence-electron chi connectivity index (χ1n) is 6.19. The minimum Gasteiger partial charge on any atom is -0.497 e. The standard InChI is InChI=1S/C15H16O5S/c1-11-10-14(8-9-15(11)19-3)21(16,17)20-13-6-4-12(18-2)5-7-13/h4-10H,1-3H3. The molecule has 0 bridgehead atoms. The van der Waals surface area contributed by atoms with Gasteiger partial charge < -0.3 is 13.7 Å². The fraction of sp³-hybridized carbons (Fsp3) is 0.200. The van der Waals surface area contributed by atoms with Crippen molar-refractivity contribution in [3.63, 3.8) is 0 Å². The molecule has 0 N–H and O–H groups in total. The van der Waals surface area contributed by atoms with Gasteiger partial charge in [-0.3, -0.25) is 0 Å².